The van der Waals surface area contributed by atoms with Gasteiger partial charge in [0.1, 0.15) is 6.10 Å². The van der Waals surface area contributed by atoms with Crippen LogP contribution in [0.3, 0.4) is 0 Å². The molecule has 0 bridgehead atoms. The first kappa shape index (κ1) is 18.5. The van der Waals surface area contributed by atoms with E-state index in [0.717, 1.165) is 23.0 Å². The Labute approximate surface area is 156 Å². The number of aliphatic hydroxyl groups is 1. The minimum Gasteiger partial charge on any atom is -0.493 e. The van der Waals surface area contributed by atoms with Gasteiger partial charge >= 0.3 is 0 Å². The lowest BCUT2D eigenvalue weighted by atomic mass is 9.97. The van der Waals surface area contributed by atoms with Crippen molar-refractivity contribution < 1.29 is 19.3 Å². The fraction of sp³-hybridized carbons (Fsp3) is 0.444. The van der Waals surface area contributed by atoms with Gasteiger partial charge in [-0.3, -0.25) is 4.90 Å². The van der Waals surface area contributed by atoms with Crippen LogP contribution in [0.4, 0.5) is 0 Å². The fourth-order valence-corrected chi connectivity index (χ4v) is 4.33. The van der Waals surface area contributed by atoms with E-state index in [0.29, 0.717) is 18.1 Å². The lowest BCUT2D eigenvalue weighted by molar-refractivity contribution is -0.0958. The summed E-state index contributed by atoms with van der Waals surface area (Å²) in [7, 11) is 3.23. The first-order chi connectivity index (χ1) is 12.2. The van der Waals surface area contributed by atoms with Crippen LogP contribution in [0.1, 0.15) is 16.5 Å². The molecule has 1 saturated heterocycles. The maximum Gasteiger partial charge on any atom is 0.161 e. The lowest BCUT2D eigenvalue weighted by Crippen LogP contribution is -2.46. The Morgan fingerprint density at radius 2 is 2.04 bits per heavy atom. The molecule has 1 fully saturated rings. The highest BCUT2D eigenvalue weighted by molar-refractivity contribution is 7.16. The molecule has 0 unspecified atom stereocenters. The summed E-state index contributed by atoms with van der Waals surface area (Å²) >= 11 is 7.64. The molecule has 1 aromatic heterocycles. The zero-order chi connectivity index (χ0) is 17.8. The average Bonchev–Trinajstić information content (AvgIpc) is 3.05. The normalized spacial score (nSPS) is 21.3. The number of aliphatic hydroxyl groups excluding tert-OH is 1. The van der Waals surface area contributed by atoms with E-state index in [2.05, 4.69) is 4.90 Å². The third-order valence-electron chi connectivity index (χ3n) is 4.37. The number of morpholine rings is 1. The molecule has 1 N–H and O–H groups in total. The molecular formula is C18H22ClNO4S. The summed E-state index contributed by atoms with van der Waals surface area (Å²) in [5.74, 6) is 1.35. The van der Waals surface area contributed by atoms with Crippen molar-refractivity contribution in [1.82, 2.24) is 4.90 Å². The molecule has 1 aliphatic heterocycles. The third kappa shape index (κ3) is 4.10. The molecule has 0 aliphatic carbocycles. The Morgan fingerprint density at radius 3 is 2.68 bits per heavy atom. The number of halogens is 1. The van der Waals surface area contributed by atoms with Crippen molar-refractivity contribution in [3.05, 3.63) is 45.1 Å². The minimum atomic E-state index is -0.290. The summed E-state index contributed by atoms with van der Waals surface area (Å²) in [5, 5.41) is 9.81. The molecule has 2 aromatic rings. The lowest BCUT2D eigenvalue weighted by Gasteiger charge is -2.40. The molecule has 0 radical (unpaired) electrons. The van der Waals surface area contributed by atoms with Crippen molar-refractivity contribution in [2.45, 2.75) is 18.7 Å². The number of rotatable bonds is 6. The van der Waals surface area contributed by atoms with Crippen molar-refractivity contribution in [2.24, 2.45) is 0 Å². The molecule has 25 heavy (non-hydrogen) atoms. The van der Waals surface area contributed by atoms with E-state index >= 15 is 0 Å². The summed E-state index contributed by atoms with van der Waals surface area (Å²) in [6, 6.07) is 9.73. The van der Waals surface area contributed by atoms with E-state index in [1.165, 1.54) is 4.88 Å². The van der Waals surface area contributed by atoms with Gasteiger partial charge in [-0.25, -0.2) is 0 Å². The Bertz CT molecular complexity index is 708. The number of hydrogen-bond donors (Lipinski definition) is 1. The highest BCUT2D eigenvalue weighted by Gasteiger charge is 2.34. The quantitative estimate of drug-likeness (QED) is 0.829. The van der Waals surface area contributed by atoms with Crippen LogP contribution in [0.15, 0.2) is 30.3 Å². The van der Waals surface area contributed by atoms with E-state index in [-0.39, 0.29) is 18.8 Å². The first-order valence-electron chi connectivity index (χ1n) is 8.09. The molecule has 1 aliphatic rings. The van der Waals surface area contributed by atoms with E-state index in [1.54, 1.807) is 25.6 Å². The van der Waals surface area contributed by atoms with Crippen LogP contribution in [0.5, 0.6) is 11.5 Å². The number of benzene rings is 1. The van der Waals surface area contributed by atoms with Crippen LogP contribution >= 0.6 is 22.9 Å². The maximum atomic E-state index is 9.81. The Balaban J connectivity index is 1.91. The minimum absolute atomic E-state index is 0.0410. The van der Waals surface area contributed by atoms with Gasteiger partial charge in [0, 0.05) is 18.0 Å². The smallest absolute Gasteiger partial charge is 0.161 e. The molecule has 0 spiro atoms. The summed E-state index contributed by atoms with van der Waals surface area (Å²) in [5.41, 5.74) is 1.03. The highest BCUT2D eigenvalue weighted by atomic mass is 35.5. The standard InChI is InChI=1S/C18H22ClNO4S/c1-22-14-5-3-12(9-15(14)23-2)18-16(11-21)24-8-7-20(18)10-13-4-6-17(19)25-13/h3-6,9,16,18,21H,7-8,10-11H2,1-2H3/t16-,18-/m1/s1. The van der Waals surface area contributed by atoms with Crippen LogP contribution in [-0.4, -0.2) is 50.1 Å². The predicted molar refractivity (Wildman–Crippen MR) is 98.9 cm³/mol. The maximum absolute atomic E-state index is 9.81. The van der Waals surface area contributed by atoms with Crippen LogP contribution in [0, 0.1) is 0 Å². The van der Waals surface area contributed by atoms with E-state index in [9.17, 15) is 5.11 Å². The molecule has 1 aromatic carbocycles. The van der Waals surface area contributed by atoms with Gasteiger partial charge in [0.25, 0.3) is 0 Å². The summed E-state index contributed by atoms with van der Waals surface area (Å²) < 4.78 is 17.3. The Morgan fingerprint density at radius 1 is 1.24 bits per heavy atom. The number of thiophene rings is 1. The molecule has 0 saturated carbocycles. The topological polar surface area (TPSA) is 51.2 Å². The second-order valence-electron chi connectivity index (χ2n) is 5.83. The highest BCUT2D eigenvalue weighted by Crippen LogP contribution is 2.37. The number of hydrogen-bond acceptors (Lipinski definition) is 6. The average molecular weight is 384 g/mol. The van der Waals surface area contributed by atoms with E-state index in [1.807, 2.05) is 30.3 Å². The summed E-state index contributed by atoms with van der Waals surface area (Å²) in [6.07, 6.45) is -0.290. The molecular weight excluding hydrogens is 362 g/mol. The molecule has 2 heterocycles. The molecule has 0 amide bonds. The molecule has 136 valence electrons. The Hall–Kier alpha value is -1.31. The third-order valence-corrected chi connectivity index (χ3v) is 5.59. The largest absolute Gasteiger partial charge is 0.493 e. The van der Waals surface area contributed by atoms with Crippen molar-refractivity contribution in [3.8, 4) is 11.5 Å². The van der Waals surface area contributed by atoms with Gasteiger partial charge in [0.05, 0.1) is 37.8 Å². The zero-order valence-electron chi connectivity index (χ0n) is 14.3. The first-order valence-corrected chi connectivity index (χ1v) is 9.28. The number of nitrogens with zero attached hydrogens (tertiary/aromatic N) is 1. The van der Waals surface area contributed by atoms with Crippen molar-refractivity contribution in [2.75, 3.05) is 34.0 Å². The van der Waals surface area contributed by atoms with Crippen molar-refractivity contribution in [1.29, 1.82) is 0 Å². The van der Waals surface area contributed by atoms with Gasteiger partial charge in [-0.05, 0) is 29.8 Å². The van der Waals surface area contributed by atoms with Crippen LogP contribution in [0.2, 0.25) is 4.34 Å². The second-order valence-corrected chi connectivity index (χ2v) is 7.63. The van der Waals surface area contributed by atoms with Gasteiger partial charge in [-0.1, -0.05) is 17.7 Å². The summed E-state index contributed by atoms with van der Waals surface area (Å²) in [6.45, 7) is 2.09. The predicted octanol–water partition coefficient (Wildman–Crippen LogP) is 3.35. The number of ether oxygens (including phenoxy) is 3. The van der Waals surface area contributed by atoms with E-state index in [4.69, 9.17) is 25.8 Å². The van der Waals surface area contributed by atoms with Gasteiger partial charge in [0.15, 0.2) is 11.5 Å². The van der Waals surface area contributed by atoms with Crippen LogP contribution in [-0.2, 0) is 11.3 Å². The van der Waals surface area contributed by atoms with Crippen molar-refractivity contribution in [3.63, 3.8) is 0 Å². The van der Waals surface area contributed by atoms with Gasteiger partial charge in [-0.2, -0.15) is 0 Å². The molecule has 2 atom stereocenters. The van der Waals surface area contributed by atoms with Gasteiger partial charge in [0.2, 0.25) is 0 Å². The zero-order valence-corrected chi connectivity index (χ0v) is 15.8. The Kier molecular flexibility index (Phi) is 6.19. The number of methoxy groups -OCH3 is 2. The van der Waals surface area contributed by atoms with Gasteiger partial charge in [-0.15, -0.1) is 11.3 Å². The molecule has 3 rings (SSSR count). The fourth-order valence-electron chi connectivity index (χ4n) is 3.22. The van der Waals surface area contributed by atoms with Crippen LogP contribution < -0.4 is 9.47 Å². The van der Waals surface area contributed by atoms with E-state index < -0.39 is 0 Å². The second kappa shape index (κ2) is 8.38. The van der Waals surface area contributed by atoms with Crippen LogP contribution in [0.25, 0.3) is 0 Å². The summed E-state index contributed by atoms with van der Waals surface area (Å²) in [4.78, 5) is 3.50. The molecule has 5 nitrogen and oxygen atoms in total. The monoisotopic (exact) mass is 383 g/mol. The van der Waals surface area contributed by atoms with Gasteiger partial charge < -0.3 is 19.3 Å². The SMILES string of the molecule is COc1ccc([C@@H]2[C@@H](CO)OCCN2Cc2ccc(Cl)s2)cc1OC. The van der Waals surface area contributed by atoms with Crippen molar-refractivity contribution >= 4 is 22.9 Å². The molecule has 7 heteroatoms.